The van der Waals surface area contributed by atoms with E-state index in [0.717, 1.165) is 0 Å². The van der Waals surface area contributed by atoms with E-state index in [2.05, 4.69) is 31.1 Å². The fourth-order valence-electron chi connectivity index (χ4n) is 4.20. The van der Waals surface area contributed by atoms with E-state index in [4.69, 9.17) is 16.1 Å². The number of benzene rings is 1. The summed E-state index contributed by atoms with van der Waals surface area (Å²) >= 11 is 7.68. The normalized spacial score (nSPS) is 23.7. The van der Waals surface area contributed by atoms with Crippen molar-refractivity contribution in [3.63, 3.8) is 0 Å². The van der Waals surface area contributed by atoms with Gasteiger partial charge in [0.25, 0.3) is 5.91 Å². The number of rotatable bonds is 4. The van der Waals surface area contributed by atoms with Gasteiger partial charge in [-0.3, -0.25) is 9.59 Å². The Hall–Kier alpha value is -2.99. The van der Waals surface area contributed by atoms with Gasteiger partial charge in [-0.15, -0.1) is 22.0 Å². The zero-order chi connectivity index (χ0) is 22.8. The topological polar surface area (TPSA) is 130 Å². The number of hydrogen-bond donors (Lipinski definition) is 2. The number of carbonyl (C=O) groups is 2. The molecule has 4 heterocycles. The first-order valence-corrected chi connectivity index (χ1v) is 10.9. The molecule has 2 aliphatic rings. The van der Waals surface area contributed by atoms with E-state index >= 15 is 0 Å². The molecule has 2 aliphatic heterocycles. The first-order valence-electron chi connectivity index (χ1n) is 9.65. The quantitative estimate of drug-likeness (QED) is 0.548. The van der Waals surface area contributed by atoms with Gasteiger partial charge in [0.05, 0.1) is 10.6 Å². The molecule has 1 aromatic carbocycles. The van der Waals surface area contributed by atoms with Gasteiger partial charge in [-0.05, 0) is 32.9 Å². The van der Waals surface area contributed by atoms with Crippen LogP contribution in [0.3, 0.4) is 0 Å². The van der Waals surface area contributed by atoms with Crippen LogP contribution in [-0.4, -0.2) is 58.7 Å². The number of aromatic nitrogens is 5. The minimum absolute atomic E-state index is 0.0178. The lowest BCUT2D eigenvalue weighted by Crippen LogP contribution is -2.67. The predicted molar refractivity (Wildman–Crippen MR) is 112 cm³/mol. The van der Waals surface area contributed by atoms with Crippen LogP contribution in [0.1, 0.15) is 41.8 Å². The summed E-state index contributed by atoms with van der Waals surface area (Å²) in [7, 11) is 0. The minimum atomic E-state index is -0.776. The van der Waals surface area contributed by atoms with Gasteiger partial charge >= 0.3 is 0 Å². The molecule has 0 aliphatic carbocycles. The van der Waals surface area contributed by atoms with Gasteiger partial charge in [0.2, 0.25) is 5.91 Å². The predicted octanol–water partition coefficient (Wildman–Crippen LogP) is 2.49. The lowest BCUT2D eigenvalue weighted by molar-refractivity contribution is -0.148. The number of thioether (sulfide) groups is 1. The average Bonchev–Trinajstić information content (AvgIpc) is 3.43. The molecule has 3 aromatic rings. The van der Waals surface area contributed by atoms with Gasteiger partial charge < -0.3 is 14.7 Å². The highest BCUT2D eigenvalue weighted by Gasteiger charge is 2.63. The van der Waals surface area contributed by atoms with Gasteiger partial charge in [0.15, 0.2) is 5.82 Å². The maximum absolute atomic E-state index is 14.4. The lowest BCUT2D eigenvalue weighted by Gasteiger charge is -2.44. The van der Waals surface area contributed by atoms with Crippen molar-refractivity contribution in [2.24, 2.45) is 0 Å². The Morgan fingerprint density at radius 2 is 2.19 bits per heavy atom. The number of amides is 2. The van der Waals surface area contributed by atoms with E-state index < -0.39 is 22.5 Å². The molecule has 0 spiro atoms. The van der Waals surface area contributed by atoms with Crippen LogP contribution < -0.4 is 5.32 Å². The van der Waals surface area contributed by atoms with Crippen LogP contribution >= 0.6 is 23.4 Å². The van der Waals surface area contributed by atoms with E-state index in [9.17, 15) is 14.0 Å². The highest BCUT2D eigenvalue weighted by atomic mass is 35.5. The number of hydrogen-bond acceptors (Lipinski definition) is 8. The van der Waals surface area contributed by atoms with E-state index in [-0.39, 0.29) is 44.9 Å². The van der Waals surface area contributed by atoms with E-state index in [0.29, 0.717) is 5.82 Å². The molecule has 2 unspecified atom stereocenters. The molecule has 166 valence electrons. The Morgan fingerprint density at radius 1 is 1.41 bits per heavy atom. The number of β-lactam (4-membered cyclic amide) rings is 1. The molecule has 2 amide bonds. The molecule has 10 nitrogen and oxygen atoms in total. The molecule has 0 saturated carbocycles. The summed E-state index contributed by atoms with van der Waals surface area (Å²) in [6.07, 6.45) is 0. The molecule has 13 heteroatoms. The van der Waals surface area contributed by atoms with Gasteiger partial charge in [0.1, 0.15) is 40.3 Å². The zero-order valence-corrected chi connectivity index (χ0v) is 18.7. The van der Waals surface area contributed by atoms with Crippen molar-refractivity contribution in [1.82, 2.24) is 36.0 Å². The first-order chi connectivity index (χ1) is 15.2. The van der Waals surface area contributed by atoms with Crippen molar-refractivity contribution in [2.45, 2.75) is 43.0 Å². The van der Waals surface area contributed by atoms with Crippen molar-refractivity contribution in [1.29, 1.82) is 0 Å². The Balaban J connectivity index is 1.42. The van der Waals surface area contributed by atoms with E-state index in [1.807, 2.05) is 13.8 Å². The third kappa shape index (κ3) is 3.00. The van der Waals surface area contributed by atoms with Crippen molar-refractivity contribution in [3.05, 3.63) is 46.2 Å². The highest BCUT2D eigenvalue weighted by molar-refractivity contribution is 8.01. The van der Waals surface area contributed by atoms with Crippen LogP contribution in [0.5, 0.6) is 0 Å². The van der Waals surface area contributed by atoms with Gasteiger partial charge in [-0.1, -0.05) is 28.0 Å². The largest absolute Gasteiger partial charge is 0.360 e. The number of H-pyrrole nitrogens is 1. The average molecular weight is 478 g/mol. The van der Waals surface area contributed by atoms with Gasteiger partial charge in [0, 0.05) is 4.75 Å². The smallest absolute Gasteiger partial charge is 0.257 e. The summed E-state index contributed by atoms with van der Waals surface area (Å²) in [6, 6.07) is 3.00. The van der Waals surface area contributed by atoms with Gasteiger partial charge in [-0.2, -0.15) is 5.21 Å². The Kier molecular flexibility index (Phi) is 4.75. The van der Waals surface area contributed by atoms with Crippen molar-refractivity contribution < 1.29 is 18.5 Å². The maximum atomic E-state index is 14.4. The second-order valence-corrected chi connectivity index (χ2v) is 10.2. The van der Waals surface area contributed by atoms with E-state index in [1.165, 1.54) is 36.9 Å². The number of fused-ring (bicyclic) bond motifs is 1. The monoisotopic (exact) mass is 477 g/mol. The number of tetrazole rings is 1. The Bertz CT molecular complexity index is 1210. The highest BCUT2D eigenvalue weighted by Crippen LogP contribution is 2.56. The number of aryl methyl sites for hydroxylation is 1. The molecule has 2 aromatic heterocycles. The molecule has 2 N–H and O–H groups in total. The zero-order valence-electron chi connectivity index (χ0n) is 17.1. The number of nitrogens with zero attached hydrogens (tertiary/aromatic N) is 5. The molecular weight excluding hydrogens is 461 g/mol. The first kappa shape index (κ1) is 20.9. The third-order valence-corrected chi connectivity index (χ3v) is 7.51. The van der Waals surface area contributed by atoms with Crippen molar-refractivity contribution in [3.8, 4) is 11.3 Å². The van der Waals surface area contributed by atoms with E-state index in [1.54, 1.807) is 4.90 Å². The summed E-state index contributed by atoms with van der Waals surface area (Å²) in [5.41, 5.74) is -0.0256. The van der Waals surface area contributed by atoms with Crippen LogP contribution in [0.15, 0.2) is 22.7 Å². The second kappa shape index (κ2) is 7.27. The molecule has 3 atom stereocenters. The van der Waals surface area contributed by atoms with Crippen LogP contribution in [0.4, 0.5) is 4.39 Å². The summed E-state index contributed by atoms with van der Waals surface area (Å²) in [5.74, 6) is -0.908. The summed E-state index contributed by atoms with van der Waals surface area (Å²) in [5, 5.41) is 20.5. The number of nitrogens with one attached hydrogen (secondary N) is 2. The standard InChI is InChI=1S/C19H17ClFN7O3S/c1-7-10(12(25-31-7)11-8(20)5-4-6-9(11)21)16(29)22-13-17(30)28-14(15-23-26-27-24-15)19(2,3)32-18(13)28/h4-6,13-14,18H,1-3H3,(H,22,29)(H,23,24,26,27)/t13?,14?,18-/m0/s1. The fraction of sp³-hybridized carbons (Fsp3) is 0.368. The number of aromatic amines is 1. The number of halogens is 2. The SMILES string of the molecule is Cc1onc(-c2c(F)cccc2Cl)c1C(=O)NC1C(=O)N2C(c3nn[nH]n3)C(C)(C)S[C@@H]12. The Labute approximate surface area is 190 Å². The van der Waals surface area contributed by atoms with Gasteiger partial charge in [-0.25, -0.2) is 4.39 Å². The lowest BCUT2D eigenvalue weighted by atomic mass is 9.95. The summed E-state index contributed by atoms with van der Waals surface area (Å²) < 4.78 is 19.2. The minimum Gasteiger partial charge on any atom is -0.360 e. The van der Waals surface area contributed by atoms with Crippen LogP contribution in [-0.2, 0) is 4.79 Å². The summed E-state index contributed by atoms with van der Waals surface area (Å²) in [6.45, 7) is 5.49. The van der Waals surface area contributed by atoms with Crippen molar-refractivity contribution in [2.75, 3.05) is 0 Å². The van der Waals surface area contributed by atoms with Crippen molar-refractivity contribution >= 4 is 35.2 Å². The summed E-state index contributed by atoms with van der Waals surface area (Å²) in [4.78, 5) is 27.8. The fourth-order valence-corrected chi connectivity index (χ4v) is 6.08. The molecule has 0 radical (unpaired) electrons. The molecule has 5 rings (SSSR count). The molecule has 2 saturated heterocycles. The molecular formula is C19H17ClFN7O3S. The number of carbonyl (C=O) groups excluding carboxylic acids is 2. The van der Waals surface area contributed by atoms with Crippen LogP contribution in [0.25, 0.3) is 11.3 Å². The maximum Gasteiger partial charge on any atom is 0.257 e. The second-order valence-electron chi connectivity index (χ2n) is 8.04. The Morgan fingerprint density at radius 3 is 2.88 bits per heavy atom. The third-order valence-electron chi connectivity index (χ3n) is 5.62. The molecule has 32 heavy (non-hydrogen) atoms. The van der Waals surface area contributed by atoms with Crippen LogP contribution in [0, 0.1) is 12.7 Å². The van der Waals surface area contributed by atoms with Crippen LogP contribution in [0.2, 0.25) is 5.02 Å². The molecule has 0 bridgehead atoms. The molecule has 2 fully saturated rings.